The van der Waals surface area contributed by atoms with Gasteiger partial charge in [-0.1, -0.05) is 32.0 Å². The van der Waals surface area contributed by atoms with Crippen LogP contribution in [0.2, 0.25) is 0 Å². The van der Waals surface area contributed by atoms with Crippen molar-refractivity contribution in [1.29, 1.82) is 0 Å². The van der Waals surface area contributed by atoms with Crippen LogP contribution in [0, 0.1) is 0 Å². The Hall–Kier alpha value is -2.69. The van der Waals surface area contributed by atoms with Gasteiger partial charge in [0.1, 0.15) is 5.75 Å². The third kappa shape index (κ3) is 5.91. The average molecular weight is 371 g/mol. The minimum absolute atomic E-state index is 0.0317. The van der Waals surface area contributed by atoms with Gasteiger partial charge >= 0.3 is 0 Å². The van der Waals surface area contributed by atoms with Crippen LogP contribution in [0.15, 0.2) is 42.5 Å². The fraction of sp³-hybridized carbons (Fsp3) is 0.409. The molecule has 0 saturated carbocycles. The average Bonchev–Trinajstić information content (AvgIpc) is 2.69. The van der Waals surface area contributed by atoms with Crippen molar-refractivity contribution in [3.63, 3.8) is 0 Å². The van der Waals surface area contributed by atoms with Gasteiger partial charge in [0, 0.05) is 13.6 Å². The summed E-state index contributed by atoms with van der Waals surface area (Å²) in [6.45, 7) is 4.89. The molecule has 0 unspecified atom stereocenters. The van der Waals surface area contributed by atoms with Crippen LogP contribution in [0.1, 0.15) is 30.9 Å². The van der Waals surface area contributed by atoms with Crippen molar-refractivity contribution in [2.75, 3.05) is 34.4 Å². The molecular weight excluding hydrogens is 342 g/mol. The minimum Gasteiger partial charge on any atom is -0.493 e. The molecule has 0 bridgehead atoms. The molecule has 0 aliphatic carbocycles. The molecule has 0 aromatic heterocycles. The first-order valence-corrected chi connectivity index (χ1v) is 9.12. The zero-order valence-electron chi connectivity index (χ0n) is 16.8. The van der Waals surface area contributed by atoms with Gasteiger partial charge in [0.15, 0.2) is 18.1 Å². The van der Waals surface area contributed by atoms with E-state index < -0.39 is 0 Å². The second-order valence-corrected chi connectivity index (χ2v) is 6.77. The topological polar surface area (TPSA) is 48.0 Å². The Morgan fingerprint density at radius 3 is 2.44 bits per heavy atom. The summed E-state index contributed by atoms with van der Waals surface area (Å²) < 4.78 is 16.2. The number of amides is 1. The van der Waals surface area contributed by atoms with E-state index in [4.69, 9.17) is 14.2 Å². The van der Waals surface area contributed by atoms with Crippen LogP contribution >= 0.6 is 0 Å². The number of carbonyl (C=O) groups is 1. The van der Waals surface area contributed by atoms with Crippen molar-refractivity contribution in [1.82, 2.24) is 4.90 Å². The molecule has 0 saturated heterocycles. The van der Waals surface area contributed by atoms with Crippen LogP contribution < -0.4 is 14.2 Å². The summed E-state index contributed by atoms with van der Waals surface area (Å²) in [4.78, 5) is 14.0. The molecule has 2 aromatic rings. The molecule has 0 aliphatic rings. The van der Waals surface area contributed by atoms with E-state index in [0.717, 1.165) is 17.7 Å². The quantitative estimate of drug-likeness (QED) is 0.671. The summed E-state index contributed by atoms with van der Waals surface area (Å²) in [6.07, 6.45) is 0.728. The number of nitrogens with zero attached hydrogens (tertiary/aromatic N) is 1. The Morgan fingerprint density at radius 1 is 1.04 bits per heavy atom. The van der Waals surface area contributed by atoms with E-state index in [1.165, 1.54) is 5.56 Å². The highest BCUT2D eigenvalue weighted by atomic mass is 16.5. The van der Waals surface area contributed by atoms with Gasteiger partial charge in [-0.3, -0.25) is 4.79 Å². The number of hydrogen-bond acceptors (Lipinski definition) is 4. The second kappa shape index (κ2) is 9.86. The highest BCUT2D eigenvalue weighted by molar-refractivity contribution is 5.77. The molecule has 0 N–H and O–H groups in total. The van der Waals surface area contributed by atoms with Crippen LogP contribution in [0.5, 0.6) is 17.2 Å². The third-order valence-corrected chi connectivity index (χ3v) is 4.50. The van der Waals surface area contributed by atoms with Gasteiger partial charge in [-0.05, 0) is 47.7 Å². The van der Waals surface area contributed by atoms with Crippen molar-refractivity contribution in [3.05, 3.63) is 53.6 Å². The number of carbonyl (C=O) groups excluding carboxylic acids is 1. The second-order valence-electron chi connectivity index (χ2n) is 6.77. The van der Waals surface area contributed by atoms with Crippen molar-refractivity contribution < 1.29 is 19.0 Å². The first-order chi connectivity index (χ1) is 12.9. The largest absolute Gasteiger partial charge is 0.493 e. The fourth-order valence-electron chi connectivity index (χ4n) is 2.68. The lowest BCUT2D eigenvalue weighted by atomic mass is 10.0. The van der Waals surface area contributed by atoms with E-state index >= 15 is 0 Å². The van der Waals surface area contributed by atoms with Crippen LogP contribution in [-0.2, 0) is 11.2 Å². The Bertz CT molecular complexity index is 758. The Morgan fingerprint density at radius 2 is 1.78 bits per heavy atom. The van der Waals surface area contributed by atoms with Gasteiger partial charge < -0.3 is 19.1 Å². The summed E-state index contributed by atoms with van der Waals surface area (Å²) in [7, 11) is 5.01. The summed E-state index contributed by atoms with van der Waals surface area (Å²) in [5, 5.41) is 0. The standard InChI is InChI=1S/C22H29NO4/c1-16(2)18-7-6-8-19(14-18)27-15-22(24)23(3)12-11-17-9-10-20(25-4)21(13-17)26-5/h6-10,13-14,16H,11-12,15H2,1-5H3. The Balaban J connectivity index is 1.86. The van der Waals surface area contributed by atoms with Gasteiger partial charge in [0.05, 0.1) is 14.2 Å². The van der Waals surface area contributed by atoms with Crippen LogP contribution in [0.4, 0.5) is 0 Å². The molecule has 146 valence electrons. The van der Waals surface area contributed by atoms with E-state index in [1.807, 2.05) is 36.4 Å². The normalized spacial score (nSPS) is 10.6. The number of ether oxygens (including phenoxy) is 3. The molecule has 27 heavy (non-hydrogen) atoms. The lowest BCUT2D eigenvalue weighted by Crippen LogP contribution is -2.33. The van der Waals surface area contributed by atoms with Gasteiger partial charge in [-0.2, -0.15) is 0 Å². The van der Waals surface area contributed by atoms with E-state index in [9.17, 15) is 4.79 Å². The number of hydrogen-bond donors (Lipinski definition) is 0. The SMILES string of the molecule is COc1ccc(CCN(C)C(=O)COc2cccc(C(C)C)c2)cc1OC. The van der Waals surface area contributed by atoms with Crippen LogP contribution in [-0.4, -0.2) is 45.2 Å². The maximum Gasteiger partial charge on any atom is 0.260 e. The molecule has 0 radical (unpaired) electrons. The summed E-state index contributed by atoms with van der Waals surface area (Å²) in [5.41, 5.74) is 2.28. The lowest BCUT2D eigenvalue weighted by Gasteiger charge is -2.18. The maximum absolute atomic E-state index is 12.3. The smallest absolute Gasteiger partial charge is 0.260 e. The first kappa shape index (κ1) is 20.6. The van der Waals surface area contributed by atoms with Crippen molar-refractivity contribution >= 4 is 5.91 Å². The summed E-state index contributed by atoms with van der Waals surface area (Å²) in [6, 6.07) is 13.7. The number of rotatable bonds is 9. The predicted molar refractivity (Wildman–Crippen MR) is 107 cm³/mol. The molecule has 1 amide bonds. The van der Waals surface area contributed by atoms with E-state index in [0.29, 0.717) is 24.0 Å². The molecule has 0 aliphatic heterocycles. The number of benzene rings is 2. The van der Waals surface area contributed by atoms with Crippen LogP contribution in [0.3, 0.4) is 0 Å². The molecular formula is C22H29NO4. The highest BCUT2D eigenvalue weighted by Crippen LogP contribution is 2.27. The summed E-state index contributed by atoms with van der Waals surface area (Å²) in [5.74, 6) is 2.49. The van der Waals surface area contributed by atoms with Gasteiger partial charge in [-0.25, -0.2) is 0 Å². The molecule has 0 atom stereocenters. The first-order valence-electron chi connectivity index (χ1n) is 9.12. The van der Waals surface area contributed by atoms with Gasteiger partial charge in [-0.15, -0.1) is 0 Å². The molecule has 0 spiro atoms. The monoisotopic (exact) mass is 371 g/mol. The zero-order chi connectivity index (χ0) is 19.8. The molecule has 2 rings (SSSR count). The number of likely N-dealkylation sites (N-methyl/N-ethyl adjacent to an activating group) is 1. The van der Waals surface area contributed by atoms with Crippen molar-refractivity contribution in [2.24, 2.45) is 0 Å². The van der Waals surface area contributed by atoms with Crippen LogP contribution in [0.25, 0.3) is 0 Å². The minimum atomic E-state index is -0.0505. The molecule has 0 fully saturated rings. The molecule has 5 heteroatoms. The fourth-order valence-corrected chi connectivity index (χ4v) is 2.68. The van der Waals surface area contributed by atoms with Gasteiger partial charge in [0.25, 0.3) is 5.91 Å². The van der Waals surface area contributed by atoms with Crippen molar-refractivity contribution in [3.8, 4) is 17.2 Å². The van der Waals surface area contributed by atoms with E-state index in [1.54, 1.807) is 26.2 Å². The third-order valence-electron chi connectivity index (χ3n) is 4.50. The lowest BCUT2D eigenvalue weighted by molar-refractivity contribution is -0.132. The Labute approximate surface area is 161 Å². The van der Waals surface area contributed by atoms with E-state index in [-0.39, 0.29) is 12.5 Å². The molecule has 2 aromatic carbocycles. The van der Waals surface area contributed by atoms with Gasteiger partial charge in [0.2, 0.25) is 0 Å². The van der Waals surface area contributed by atoms with E-state index in [2.05, 4.69) is 19.9 Å². The predicted octanol–water partition coefficient (Wildman–Crippen LogP) is 3.91. The summed E-state index contributed by atoms with van der Waals surface area (Å²) >= 11 is 0. The zero-order valence-corrected chi connectivity index (χ0v) is 16.8. The maximum atomic E-state index is 12.3. The Kier molecular flexibility index (Phi) is 7.53. The van der Waals surface area contributed by atoms with Crippen molar-refractivity contribution in [2.45, 2.75) is 26.2 Å². The molecule has 5 nitrogen and oxygen atoms in total. The molecule has 0 heterocycles. The number of methoxy groups -OCH3 is 2. The highest BCUT2D eigenvalue weighted by Gasteiger charge is 2.11.